The molecule has 1 amide bonds. The van der Waals surface area contributed by atoms with Gasteiger partial charge in [-0.15, -0.1) is 0 Å². The van der Waals surface area contributed by atoms with Crippen molar-refractivity contribution in [2.24, 2.45) is 5.10 Å². The summed E-state index contributed by atoms with van der Waals surface area (Å²) in [4.78, 5) is 26.2. The zero-order chi connectivity index (χ0) is 19.1. The Balaban J connectivity index is 1.45. The predicted octanol–water partition coefficient (Wildman–Crippen LogP) is 3.64. The molecule has 0 aliphatic heterocycles. The van der Waals surface area contributed by atoms with Gasteiger partial charge in [-0.05, 0) is 30.4 Å². The molecule has 0 spiro atoms. The van der Waals surface area contributed by atoms with E-state index in [0.29, 0.717) is 5.76 Å². The van der Waals surface area contributed by atoms with E-state index in [1.165, 1.54) is 42.3 Å². The van der Waals surface area contributed by atoms with Gasteiger partial charge in [0.25, 0.3) is 0 Å². The summed E-state index contributed by atoms with van der Waals surface area (Å²) in [7, 11) is 0. The average Bonchev–Trinajstić information content (AvgIpc) is 3.15. The number of furan rings is 1. The first-order valence-electron chi connectivity index (χ1n) is 7.83. The smallest absolute Gasteiger partial charge is 0.401 e. The number of nitro groups is 1. The highest BCUT2D eigenvalue weighted by Crippen LogP contribution is 2.19. The summed E-state index contributed by atoms with van der Waals surface area (Å²) >= 11 is 1.32. The molecule has 0 saturated heterocycles. The highest BCUT2D eigenvalue weighted by atomic mass is 32.2. The molecule has 0 atom stereocenters. The van der Waals surface area contributed by atoms with Crippen LogP contribution in [0.4, 0.5) is 5.88 Å². The van der Waals surface area contributed by atoms with Gasteiger partial charge in [0.1, 0.15) is 10.7 Å². The molecule has 0 radical (unpaired) electrons. The number of aromatic nitrogens is 1. The molecule has 27 heavy (non-hydrogen) atoms. The van der Waals surface area contributed by atoms with Crippen LogP contribution in [0.2, 0.25) is 0 Å². The lowest BCUT2D eigenvalue weighted by atomic mass is 10.2. The summed E-state index contributed by atoms with van der Waals surface area (Å²) in [6.45, 7) is 0. The molecule has 2 aromatic heterocycles. The van der Waals surface area contributed by atoms with E-state index in [1.807, 2.05) is 36.4 Å². The number of rotatable bonds is 7. The number of hydrazone groups is 1. The Morgan fingerprint density at radius 1 is 1.26 bits per heavy atom. The van der Waals surface area contributed by atoms with Crippen LogP contribution in [0.5, 0.6) is 0 Å². The van der Waals surface area contributed by atoms with Crippen molar-refractivity contribution >= 4 is 46.7 Å². The molecule has 1 aromatic carbocycles. The second kappa shape index (κ2) is 8.77. The Labute approximate surface area is 158 Å². The van der Waals surface area contributed by atoms with Gasteiger partial charge in [0.2, 0.25) is 5.91 Å². The maximum atomic E-state index is 11.8. The van der Waals surface area contributed by atoms with E-state index in [1.54, 1.807) is 0 Å². The molecule has 2 heterocycles. The molecular formula is C18H14N4O4S. The summed E-state index contributed by atoms with van der Waals surface area (Å²) in [5, 5.41) is 16.1. The number of nitrogens with one attached hydrogen (secondary N) is 1. The van der Waals surface area contributed by atoms with Crippen molar-refractivity contribution in [1.82, 2.24) is 10.4 Å². The standard InChI is InChI=1S/C18H14N4O4S/c23-16(12-27-17-9-7-13-4-1-2-6-15(13)20-17)21-19-11-3-5-14-8-10-18(26-14)22(24)25/h1-11H,12H2,(H,21,23)/b5-3+,19-11+. The normalized spacial score (nSPS) is 11.4. The van der Waals surface area contributed by atoms with Crippen LogP contribution < -0.4 is 5.43 Å². The van der Waals surface area contributed by atoms with Gasteiger partial charge in [-0.2, -0.15) is 5.10 Å². The summed E-state index contributed by atoms with van der Waals surface area (Å²) in [5.74, 6) is -0.110. The van der Waals surface area contributed by atoms with Crippen LogP contribution in [0.3, 0.4) is 0 Å². The maximum absolute atomic E-state index is 11.8. The Bertz CT molecular complexity index is 1030. The average molecular weight is 382 g/mol. The van der Waals surface area contributed by atoms with Gasteiger partial charge in [-0.1, -0.05) is 36.0 Å². The van der Waals surface area contributed by atoms with Gasteiger partial charge in [0, 0.05) is 11.6 Å². The van der Waals surface area contributed by atoms with Crippen LogP contribution >= 0.6 is 11.8 Å². The molecule has 0 bridgehead atoms. The summed E-state index contributed by atoms with van der Waals surface area (Å²) in [5.41, 5.74) is 3.27. The highest BCUT2D eigenvalue weighted by Gasteiger charge is 2.09. The second-order valence-corrected chi connectivity index (χ2v) is 6.23. The van der Waals surface area contributed by atoms with Crippen molar-refractivity contribution in [2.75, 3.05) is 5.75 Å². The van der Waals surface area contributed by atoms with Crippen LogP contribution in [-0.2, 0) is 4.79 Å². The van der Waals surface area contributed by atoms with Crippen molar-refractivity contribution in [1.29, 1.82) is 0 Å². The van der Waals surface area contributed by atoms with E-state index in [0.717, 1.165) is 15.9 Å². The Morgan fingerprint density at radius 3 is 2.93 bits per heavy atom. The molecular weight excluding hydrogens is 368 g/mol. The lowest BCUT2D eigenvalue weighted by molar-refractivity contribution is -0.402. The molecule has 8 nitrogen and oxygen atoms in total. The van der Waals surface area contributed by atoms with E-state index in [9.17, 15) is 14.9 Å². The van der Waals surface area contributed by atoms with Crippen molar-refractivity contribution in [3.63, 3.8) is 0 Å². The molecule has 0 fully saturated rings. The fraction of sp³-hybridized carbons (Fsp3) is 0.0556. The molecule has 9 heteroatoms. The lowest BCUT2D eigenvalue weighted by Gasteiger charge is -2.02. The number of carbonyl (C=O) groups is 1. The molecule has 0 saturated carbocycles. The zero-order valence-corrected chi connectivity index (χ0v) is 14.8. The minimum Gasteiger partial charge on any atom is -0.401 e. The van der Waals surface area contributed by atoms with Crippen LogP contribution in [0.1, 0.15) is 5.76 Å². The second-order valence-electron chi connectivity index (χ2n) is 5.24. The Morgan fingerprint density at radius 2 is 2.11 bits per heavy atom. The number of nitrogens with zero attached hydrogens (tertiary/aromatic N) is 3. The topological polar surface area (TPSA) is 111 Å². The third kappa shape index (κ3) is 5.25. The SMILES string of the molecule is O=C(CSc1ccc2ccccc2n1)N/N=C/C=C/c1ccc([N+](=O)[O-])o1. The van der Waals surface area contributed by atoms with Gasteiger partial charge in [0.15, 0.2) is 0 Å². The van der Waals surface area contributed by atoms with Crippen molar-refractivity contribution in [3.05, 3.63) is 70.5 Å². The molecule has 0 unspecified atom stereocenters. The van der Waals surface area contributed by atoms with E-state index in [-0.39, 0.29) is 17.5 Å². The van der Waals surface area contributed by atoms with Crippen LogP contribution in [0.15, 0.2) is 69.2 Å². The van der Waals surface area contributed by atoms with Crippen LogP contribution in [-0.4, -0.2) is 27.8 Å². The monoisotopic (exact) mass is 382 g/mol. The van der Waals surface area contributed by atoms with Crippen molar-refractivity contribution < 1.29 is 14.1 Å². The number of allylic oxidation sites excluding steroid dienone is 1. The Hall–Kier alpha value is -3.46. The van der Waals surface area contributed by atoms with Gasteiger partial charge < -0.3 is 4.42 Å². The minimum atomic E-state index is -0.617. The first-order chi connectivity index (χ1) is 13.1. The highest BCUT2D eigenvalue weighted by molar-refractivity contribution is 7.99. The first-order valence-corrected chi connectivity index (χ1v) is 8.82. The molecule has 0 aliphatic rings. The molecule has 0 aliphatic carbocycles. The van der Waals surface area contributed by atoms with Crippen LogP contribution in [0.25, 0.3) is 17.0 Å². The van der Waals surface area contributed by atoms with Crippen molar-refractivity contribution in [3.8, 4) is 0 Å². The summed E-state index contributed by atoms with van der Waals surface area (Å²) in [6, 6.07) is 14.3. The number of hydrogen-bond acceptors (Lipinski definition) is 7. The minimum absolute atomic E-state index is 0.177. The summed E-state index contributed by atoms with van der Waals surface area (Å²) < 4.78 is 4.95. The molecule has 136 valence electrons. The number of benzene rings is 1. The van der Waals surface area contributed by atoms with Gasteiger partial charge in [-0.3, -0.25) is 14.9 Å². The third-order valence-corrected chi connectivity index (χ3v) is 4.26. The fourth-order valence-corrected chi connectivity index (χ4v) is 2.79. The van der Waals surface area contributed by atoms with E-state index in [4.69, 9.17) is 4.42 Å². The van der Waals surface area contributed by atoms with E-state index in [2.05, 4.69) is 15.5 Å². The number of para-hydroxylation sites is 1. The molecule has 3 rings (SSSR count). The quantitative estimate of drug-likeness (QED) is 0.289. The number of pyridine rings is 1. The van der Waals surface area contributed by atoms with Gasteiger partial charge in [-0.25, -0.2) is 10.4 Å². The predicted molar refractivity (Wildman–Crippen MR) is 103 cm³/mol. The van der Waals surface area contributed by atoms with Gasteiger partial charge in [0.05, 0.1) is 22.4 Å². The number of amides is 1. The van der Waals surface area contributed by atoms with E-state index < -0.39 is 4.92 Å². The first kappa shape index (κ1) is 18.3. The Kier molecular flexibility index (Phi) is 5.95. The van der Waals surface area contributed by atoms with Gasteiger partial charge >= 0.3 is 5.88 Å². The zero-order valence-electron chi connectivity index (χ0n) is 13.9. The number of thioether (sulfide) groups is 1. The van der Waals surface area contributed by atoms with Crippen molar-refractivity contribution in [2.45, 2.75) is 5.03 Å². The van der Waals surface area contributed by atoms with E-state index >= 15 is 0 Å². The molecule has 1 N–H and O–H groups in total. The summed E-state index contributed by atoms with van der Waals surface area (Å²) in [6.07, 6.45) is 4.35. The maximum Gasteiger partial charge on any atom is 0.433 e. The lowest BCUT2D eigenvalue weighted by Crippen LogP contribution is -2.19. The number of carbonyl (C=O) groups excluding carboxylic acids is 1. The fourth-order valence-electron chi connectivity index (χ4n) is 2.12. The largest absolute Gasteiger partial charge is 0.433 e. The number of fused-ring (bicyclic) bond motifs is 1. The number of hydrogen-bond donors (Lipinski definition) is 1. The third-order valence-electron chi connectivity index (χ3n) is 3.33. The molecule has 3 aromatic rings. The van der Waals surface area contributed by atoms with Crippen LogP contribution in [0, 0.1) is 10.1 Å².